The summed E-state index contributed by atoms with van der Waals surface area (Å²) in [6.45, 7) is 2.81. The molecule has 0 aromatic heterocycles. The van der Waals surface area contributed by atoms with E-state index in [0.29, 0.717) is 31.3 Å². The average molecular weight is 409 g/mol. The van der Waals surface area contributed by atoms with Crippen LogP contribution in [0, 0.1) is 5.92 Å². The predicted molar refractivity (Wildman–Crippen MR) is 99.4 cm³/mol. The Hall–Kier alpha value is -1.40. The summed E-state index contributed by atoms with van der Waals surface area (Å²) < 4.78 is 6.53. The molecule has 0 radical (unpaired) electrons. The van der Waals surface area contributed by atoms with Gasteiger partial charge in [0, 0.05) is 42.2 Å². The molecule has 1 aromatic carbocycles. The summed E-state index contributed by atoms with van der Waals surface area (Å²) in [5.74, 6) is 0.178. The Morgan fingerprint density at radius 1 is 1.16 bits per heavy atom. The van der Waals surface area contributed by atoms with Crippen LogP contribution in [0.2, 0.25) is 0 Å². The van der Waals surface area contributed by atoms with Crippen LogP contribution in [-0.4, -0.2) is 49.1 Å². The molecule has 0 spiro atoms. The van der Waals surface area contributed by atoms with E-state index in [1.54, 1.807) is 0 Å². The summed E-state index contributed by atoms with van der Waals surface area (Å²) in [5.41, 5.74) is 0.697. The molecule has 136 valence electrons. The molecule has 2 amide bonds. The molecule has 2 fully saturated rings. The van der Waals surface area contributed by atoms with Gasteiger partial charge in [-0.15, -0.1) is 0 Å². The minimum atomic E-state index is 0.0125. The van der Waals surface area contributed by atoms with Crippen LogP contribution in [0.25, 0.3) is 0 Å². The van der Waals surface area contributed by atoms with E-state index in [4.69, 9.17) is 4.74 Å². The van der Waals surface area contributed by atoms with Crippen LogP contribution >= 0.6 is 15.9 Å². The lowest BCUT2D eigenvalue weighted by Gasteiger charge is -2.31. The Kier molecular flexibility index (Phi) is 6.48. The number of carbonyl (C=O) groups is 2. The molecule has 6 heteroatoms. The van der Waals surface area contributed by atoms with Crippen LogP contribution in [0.15, 0.2) is 28.7 Å². The van der Waals surface area contributed by atoms with Gasteiger partial charge in [-0.25, -0.2) is 0 Å². The number of piperidine rings is 1. The van der Waals surface area contributed by atoms with Crippen LogP contribution in [-0.2, 0) is 9.53 Å². The highest BCUT2D eigenvalue weighted by atomic mass is 79.9. The van der Waals surface area contributed by atoms with Gasteiger partial charge in [-0.3, -0.25) is 9.59 Å². The number of ether oxygens (including phenoxy) is 1. The van der Waals surface area contributed by atoms with Crippen molar-refractivity contribution in [3.63, 3.8) is 0 Å². The quantitative estimate of drug-likeness (QED) is 0.814. The lowest BCUT2D eigenvalue weighted by atomic mass is 9.95. The molecular formula is C19H25BrN2O3. The Bertz CT molecular complexity index is 591. The lowest BCUT2D eigenvalue weighted by Crippen LogP contribution is -2.43. The van der Waals surface area contributed by atoms with Crippen molar-refractivity contribution >= 4 is 27.7 Å². The number of carbonyl (C=O) groups excluding carboxylic acids is 2. The summed E-state index contributed by atoms with van der Waals surface area (Å²) in [6, 6.07) is 7.41. The number of halogens is 1. The Labute approximate surface area is 157 Å². The van der Waals surface area contributed by atoms with Gasteiger partial charge in [0.1, 0.15) is 0 Å². The zero-order chi connectivity index (χ0) is 17.6. The van der Waals surface area contributed by atoms with E-state index in [9.17, 15) is 9.59 Å². The van der Waals surface area contributed by atoms with Crippen molar-refractivity contribution in [2.45, 2.75) is 38.2 Å². The van der Waals surface area contributed by atoms with E-state index in [0.717, 1.165) is 43.2 Å². The zero-order valence-corrected chi connectivity index (χ0v) is 16.0. The monoisotopic (exact) mass is 408 g/mol. The molecule has 0 aliphatic carbocycles. The molecule has 1 N–H and O–H groups in total. The van der Waals surface area contributed by atoms with Crippen molar-refractivity contribution in [2.24, 2.45) is 5.92 Å². The van der Waals surface area contributed by atoms with Crippen LogP contribution in [0.3, 0.4) is 0 Å². The summed E-state index contributed by atoms with van der Waals surface area (Å²) >= 11 is 3.38. The van der Waals surface area contributed by atoms with Gasteiger partial charge in [0.2, 0.25) is 5.91 Å². The second-order valence-electron chi connectivity index (χ2n) is 6.79. The number of benzene rings is 1. The Balaban J connectivity index is 1.40. The molecule has 2 aliphatic heterocycles. The molecule has 1 unspecified atom stereocenters. The molecule has 2 saturated heterocycles. The number of hydrogen-bond acceptors (Lipinski definition) is 3. The molecule has 2 aliphatic rings. The lowest BCUT2D eigenvalue weighted by molar-refractivity contribution is -0.126. The molecule has 3 rings (SSSR count). The zero-order valence-electron chi connectivity index (χ0n) is 14.4. The van der Waals surface area contributed by atoms with Gasteiger partial charge < -0.3 is 15.0 Å². The van der Waals surface area contributed by atoms with E-state index in [1.807, 2.05) is 29.2 Å². The molecule has 0 saturated carbocycles. The third-order valence-corrected chi connectivity index (χ3v) is 5.56. The van der Waals surface area contributed by atoms with Gasteiger partial charge in [-0.2, -0.15) is 0 Å². The summed E-state index contributed by atoms with van der Waals surface area (Å²) in [4.78, 5) is 26.6. The van der Waals surface area contributed by atoms with E-state index >= 15 is 0 Å². The number of amides is 2. The second kappa shape index (κ2) is 8.81. The second-order valence-corrected chi connectivity index (χ2v) is 7.70. The van der Waals surface area contributed by atoms with E-state index < -0.39 is 0 Å². The largest absolute Gasteiger partial charge is 0.378 e. The Morgan fingerprint density at radius 3 is 2.52 bits per heavy atom. The average Bonchev–Trinajstić information content (AvgIpc) is 3.15. The summed E-state index contributed by atoms with van der Waals surface area (Å²) in [5, 5.41) is 3.03. The minimum absolute atomic E-state index is 0.0125. The van der Waals surface area contributed by atoms with Gasteiger partial charge >= 0.3 is 0 Å². The number of rotatable bonds is 5. The molecule has 5 nitrogen and oxygen atoms in total. The highest BCUT2D eigenvalue weighted by molar-refractivity contribution is 9.10. The van der Waals surface area contributed by atoms with Crippen molar-refractivity contribution in [3.8, 4) is 0 Å². The SMILES string of the molecule is O=C(NCCC1CCCO1)C1CCN(C(=O)c2ccc(Br)cc2)CC1. The third kappa shape index (κ3) is 5.05. The minimum Gasteiger partial charge on any atom is -0.378 e. The van der Waals surface area contributed by atoms with E-state index in [2.05, 4.69) is 21.2 Å². The van der Waals surface area contributed by atoms with Crippen molar-refractivity contribution in [2.75, 3.05) is 26.2 Å². The Morgan fingerprint density at radius 2 is 1.88 bits per heavy atom. The molecule has 0 bridgehead atoms. The van der Waals surface area contributed by atoms with Crippen LogP contribution < -0.4 is 5.32 Å². The van der Waals surface area contributed by atoms with Gasteiger partial charge in [0.25, 0.3) is 5.91 Å². The number of likely N-dealkylation sites (tertiary alicyclic amines) is 1. The first kappa shape index (κ1) is 18.4. The topological polar surface area (TPSA) is 58.6 Å². The molecule has 2 heterocycles. The fraction of sp³-hybridized carbons (Fsp3) is 0.579. The maximum atomic E-state index is 12.5. The summed E-state index contributed by atoms with van der Waals surface area (Å²) in [6.07, 6.45) is 4.90. The highest BCUT2D eigenvalue weighted by Crippen LogP contribution is 2.20. The van der Waals surface area contributed by atoms with Gasteiger partial charge in [0.05, 0.1) is 6.10 Å². The molecule has 1 atom stereocenters. The number of hydrogen-bond donors (Lipinski definition) is 1. The standard InChI is InChI=1S/C19H25BrN2O3/c20-16-5-3-15(4-6-16)19(24)22-11-8-14(9-12-22)18(23)21-10-7-17-2-1-13-25-17/h3-6,14,17H,1-2,7-13H2,(H,21,23). The number of nitrogens with zero attached hydrogens (tertiary/aromatic N) is 1. The molecule has 1 aromatic rings. The highest BCUT2D eigenvalue weighted by Gasteiger charge is 2.27. The molecular weight excluding hydrogens is 384 g/mol. The van der Waals surface area contributed by atoms with Crippen LogP contribution in [0.4, 0.5) is 0 Å². The maximum Gasteiger partial charge on any atom is 0.253 e. The van der Waals surface area contributed by atoms with Crippen molar-refractivity contribution in [3.05, 3.63) is 34.3 Å². The smallest absolute Gasteiger partial charge is 0.253 e. The first-order chi connectivity index (χ1) is 12.1. The van der Waals surface area contributed by atoms with Gasteiger partial charge in [-0.05, 0) is 56.4 Å². The van der Waals surface area contributed by atoms with Crippen molar-refractivity contribution < 1.29 is 14.3 Å². The number of nitrogens with one attached hydrogen (secondary N) is 1. The predicted octanol–water partition coefficient (Wildman–Crippen LogP) is 2.99. The van der Waals surface area contributed by atoms with E-state index in [-0.39, 0.29) is 17.7 Å². The van der Waals surface area contributed by atoms with Crippen LogP contribution in [0.1, 0.15) is 42.5 Å². The fourth-order valence-corrected chi connectivity index (χ4v) is 3.76. The van der Waals surface area contributed by atoms with E-state index in [1.165, 1.54) is 0 Å². The first-order valence-electron chi connectivity index (χ1n) is 9.07. The van der Waals surface area contributed by atoms with Gasteiger partial charge in [-0.1, -0.05) is 15.9 Å². The van der Waals surface area contributed by atoms with Crippen molar-refractivity contribution in [1.29, 1.82) is 0 Å². The normalized spacial score (nSPS) is 21.3. The van der Waals surface area contributed by atoms with Gasteiger partial charge in [0.15, 0.2) is 0 Å². The van der Waals surface area contributed by atoms with Crippen LogP contribution in [0.5, 0.6) is 0 Å². The first-order valence-corrected chi connectivity index (χ1v) is 9.87. The third-order valence-electron chi connectivity index (χ3n) is 5.03. The fourth-order valence-electron chi connectivity index (χ4n) is 3.49. The maximum absolute atomic E-state index is 12.5. The van der Waals surface area contributed by atoms with Crippen molar-refractivity contribution in [1.82, 2.24) is 10.2 Å². The summed E-state index contributed by atoms with van der Waals surface area (Å²) in [7, 11) is 0. The molecule has 25 heavy (non-hydrogen) atoms.